The van der Waals surface area contributed by atoms with Crippen molar-refractivity contribution in [3.8, 4) is 5.75 Å². The molecule has 1 N–H and O–H groups in total. The Balaban J connectivity index is 1.59. The Hall–Kier alpha value is -1.39. The Bertz CT molecular complexity index is 677. The maximum absolute atomic E-state index is 5.52. The van der Waals surface area contributed by atoms with Gasteiger partial charge in [-0.25, -0.2) is 4.98 Å². The number of nitrogens with zero attached hydrogens (tertiary/aromatic N) is 1. The number of thiazole rings is 1. The zero-order valence-corrected chi connectivity index (χ0v) is 14.0. The molecule has 0 amide bonds. The van der Waals surface area contributed by atoms with Crippen LogP contribution >= 0.6 is 11.3 Å². The maximum Gasteiger partial charge on any atom is 0.122 e. The molecule has 2 aliphatic carbocycles. The SMILES string of the molecule is COc1cccc2c1CC[C@H]2N[C@@H](c1ncc(C)s1)C1CC1. The van der Waals surface area contributed by atoms with E-state index in [1.165, 1.54) is 33.9 Å². The number of hydrogen-bond donors (Lipinski definition) is 1. The van der Waals surface area contributed by atoms with Gasteiger partial charge in [0.05, 0.1) is 13.2 Å². The number of aromatic nitrogens is 1. The van der Waals surface area contributed by atoms with Crippen molar-refractivity contribution < 1.29 is 4.74 Å². The summed E-state index contributed by atoms with van der Waals surface area (Å²) < 4.78 is 5.52. The fourth-order valence-corrected chi connectivity index (χ4v) is 4.48. The van der Waals surface area contributed by atoms with E-state index in [-0.39, 0.29) is 0 Å². The van der Waals surface area contributed by atoms with Gasteiger partial charge in [-0.3, -0.25) is 0 Å². The Kier molecular flexibility index (Phi) is 3.66. The van der Waals surface area contributed by atoms with Crippen LogP contribution in [-0.4, -0.2) is 12.1 Å². The molecule has 4 rings (SSSR count). The molecule has 0 aliphatic heterocycles. The van der Waals surface area contributed by atoms with Crippen molar-refractivity contribution in [1.82, 2.24) is 10.3 Å². The van der Waals surface area contributed by atoms with E-state index in [4.69, 9.17) is 4.74 Å². The van der Waals surface area contributed by atoms with Gasteiger partial charge in [-0.1, -0.05) is 12.1 Å². The molecule has 0 unspecified atom stereocenters. The number of nitrogens with one attached hydrogen (secondary N) is 1. The molecule has 22 heavy (non-hydrogen) atoms. The first-order valence-corrected chi connectivity index (χ1v) is 8.92. The van der Waals surface area contributed by atoms with Crippen LogP contribution < -0.4 is 10.1 Å². The summed E-state index contributed by atoms with van der Waals surface area (Å²) in [4.78, 5) is 5.94. The minimum atomic E-state index is 0.417. The number of hydrogen-bond acceptors (Lipinski definition) is 4. The summed E-state index contributed by atoms with van der Waals surface area (Å²) in [5.74, 6) is 1.80. The van der Waals surface area contributed by atoms with Crippen molar-refractivity contribution in [3.05, 3.63) is 45.4 Å². The second-order valence-corrected chi connectivity index (χ2v) is 7.68. The Morgan fingerprint density at radius 2 is 2.18 bits per heavy atom. The van der Waals surface area contributed by atoms with Gasteiger partial charge in [0.25, 0.3) is 0 Å². The van der Waals surface area contributed by atoms with Crippen molar-refractivity contribution in [1.29, 1.82) is 0 Å². The van der Waals surface area contributed by atoms with Gasteiger partial charge >= 0.3 is 0 Å². The largest absolute Gasteiger partial charge is 0.496 e. The fourth-order valence-electron chi connectivity index (χ4n) is 3.56. The van der Waals surface area contributed by atoms with Crippen LogP contribution in [0.5, 0.6) is 5.75 Å². The molecule has 1 saturated carbocycles. The van der Waals surface area contributed by atoms with Gasteiger partial charge in [0.1, 0.15) is 10.8 Å². The summed E-state index contributed by atoms with van der Waals surface area (Å²) >= 11 is 1.84. The fraction of sp³-hybridized carbons (Fsp3) is 0.500. The van der Waals surface area contributed by atoms with E-state index in [0.29, 0.717) is 12.1 Å². The van der Waals surface area contributed by atoms with Crippen molar-refractivity contribution in [2.24, 2.45) is 5.92 Å². The summed E-state index contributed by atoms with van der Waals surface area (Å²) in [5.41, 5.74) is 2.80. The lowest BCUT2D eigenvalue weighted by Gasteiger charge is -2.22. The first kappa shape index (κ1) is 14.2. The van der Waals surface area contributed by atoms with E-state index in [2.05, 4.69) is 35.4 Å². The standard InChI is InChI=1S/C18H22N2OS/c1-11-10-19-18(22-11)17(12-6-7-12)20-15-9-8-14-13(15)4-3-5-16(14)21-2/h3-5,10,12,15,17,20H,6-9H2,1-2H3/t15-,17-/m1/s1. The molecule has 0 radical (unpaired) electrons. The molecule has 3 nitrogen and oxygen atoms in total. The lowest BCUT2D eigenvalue weighted by atomic mass is 10.1. The second kappa shape index (κ2) is 5.67. The average Bonchev–Trinajstić information content (AvgIpc) is 3.15. The van der Waals surface area contributed by atoms with Gasteiger partial charge in [0, 0.05) is 17.1 Å². The van der Waals surface area contributed by atoms with Gasteiger partial charge in [-0.05, 0) is 55.7 Å². The normalized spacial score (nSPS) is 21.6. The van der Waals surface area contributed by atoms with E-state index < -0.39 is 0 Å². The monoisotopic (exact) mass is 314 g/mol. The number of methoxy groups -OCH3 is 1. The lowest BCUT2D eigenvalue weighted by Crippen LogP contribution is -2.26. The highest BCUT2D eigenvalue weighted by Crippen LogP contribution is 2.45. The maximum atomic E-state index is 5.52. The van der Waals surface area contributed by atoms with Crippen LogP contribution in [0.25, 0.3) is 0 Å². The lowest BCUT2D eigenvalue weighted by molar-refractivity contribution is 0.407. The molecule has 1 heterocycles. The van der Waals surface area contributed by atoms with Gasteiger partial charge in [0.15, 0.2) is 0 Å². The Labute approximate surface area is 135 Å². The predicted octanol–water partition coefficient (Wildman–Crippen LogP) is 4.19. The third-order valence-corrected chi connectivity index (χ3v) is 5.82. The molecule has 116 valence electrons. The molecule has 4 heteroatoms. The number of ether oxygens (including phenoxy) is 1. The molecule has 2 aliphatic rings. The average molecular weight is 314 g/mol. The van der Waals surface area contributed by atoms with Crippen molar-refractivity contribution in [3.63, 3.8) is 0 Å². The number of benzene rings is 1. The first-order valence-electron chi connectivity index (χ1n) is 8.10. The van der Waals surface area contributed by atoms with Gasteiger partial charge in [-0.2, -0.15) is 0 Å². The molecule has 1 aromatic carbocycles. The van der Waals surface area contributed by atoms with Crippen molar-refractivity contribution in [2.45, 2.75) is 44.7 Å². The summed E-state index contributed by atoms with van der Waals surface area (Å²) in [7, 11) is 1.77. The highest BCUT2D eigenvalue weighted by atomic mass is 32.1. The van der Waals surface area contributed by atoms with Crippen molar-refractivity contribution in [2.75, 3.05) is 7.11 Å². The smallest absolute Gasteiger partial charge is 0.122 e. The third kappa shape index (κ3) is 2.55. The summed E-state index contributed by atoms with van der Waals surface area (Å²) in [6, 6.07) is 7.28. The second-order valence-electron chi connectivity index (χ2n) is 6.41. The van der Waals surface area contributed by atoms with Gasteiger partial charge < -0.3 is 10.1 Å². The summed E-state index contributed by atoms with van der Waals surface area (Å²) in [5, 5.41) is 5.17. The molecule has 1 fully saturated rings. The third-order valence-electron chi connectivity index (χ3n) is 4.83. The molecular weight excluding hydrogens is 292 g/mol. The Morgan fingerprint density at radius 1 is 1.32 bits per heavy atom. The molecular formula is C18H22N2OS. The van der Waals surface area contributed by atoms with Crippen LogP contribution in [0.2, 0.25) is 0 Å². The van der Waals surface area contributed by atoms with E-state index >= 15 is 0 Å². The molecule has 0 bridgehead atoms. The van der Waals surface area contributed by atoms with E-state index in [0.717, 1.165) is 24.5 Å². The topological polar surface area (TPSA) is 34.1 Å². The number of rotatable bonds is 5. The summed E-state index contributed by atoms with van der Waals surface area (Å²) in [6.07, 6.45) is 6.92. The van der Waals surface area contributed by atoms with E-state index in [1.807, 2.05) is 17.5 Å². The van der Waals surface area contributed by atoms with Crippen LogP contribution in [0.4, 0.5) is 0 Å². The zero-order valence-electron chi connectivity index (χ0n) is 13.1. The van der Waals surface area contributed by atoms with E-state index in [1.54, 1.807) is 7.11 Å². The van der Waals surface area contributed by atoms with Crippen LogP contribution in [0.1, 0.15) is 52.4 Å². The van der Waals surface area contributed by atoms with Gasteiger partial charge in [0.2, 0.25) is 0 Å². The highest BCUT2D eigenvalue weighted by Gasteiger charge is 2.37. The number of fused-ring (bicyclic) bond motifs is 1. The Morgan fingerprint density at radius 3 is 2.86 bits per heavy atom. The highest BCUT2D eigenvalue weighted by molar-refractivity contribution is 7.11. The predicted molar refractivity (Wildman–Crippen MR) is 89.5 cm³/mol. The van der Waals surface area contributed by atoms with Crippen molar-refractivity contribution >= 4 is 11.3 Å². The van der Waals surface area contributed by atoms with Crippen LogP contribution in [0.15, 0.2) is 24.4 Å². The van der Waals surface area contributed by atoms with Crippen LogP contribution in [-0.2, 0) is 6.42 Å². The molecule has 2 atom stereocenters. The van der Waals surface area contributed by atoms with E-state index in [9.17, 15) is 0 Å². The minimum absolute atomic E-state index is 0.417. The zero-order chi connectivity index (χ0) is 15.1. The van der Waals surface area contributed by atoms with Crippen LogP contribution in [0.3, 0.4) is 0 Å². The number of aryl methyl sites for hydroxylation is 1. The molecule has 1 aromatic heterocycles. The molecule has 2 aromatic rings. The molecule has 0 spiro atoms. The van der Waals surface area contributed by atoms with Crippen LogP contribution in [0, 0.1) is 12.8 Å². The quantitative estimate of drug-likeness (QED) is 0.898. The first-order chi connectivity index (χ1) is 10.8. The molecule has 0 saturated heterocycles. The van der Waals surface area contributed by atoms with Gasteiger partial charge in [-0.15, -0.1) is 11.3 Å². The summed E-state index contributed by atoms with van der Waals surface area (Å²) in [6.45, 7) is 2.14. The minimum Gasteiger partial charge on any atom is -0.496 e.